The predicted molar refractivity (Wildman–Crippen MR) is 136 cm³/mol. The molecule has 2 saturated heterocycles. The molecule has 0 aliphatic carbocycles. The molecule has 2 bridgehead atoms. The maximum atomic E-state index is 15.5. The van der Waals surface area contributed by atoms with Crippen LogP contribution in [0, 0.1) is 12.7 Å². The molecule has 0 spiro atoms. The normalized spacial score (nSPS) is 18.7. The maximum Gasteiger partial charge on any atom is 0.226 e. The van der Waals surface area contributed by atoms with E-state index in [1.54, 1.807) is 31.6 Å². The predicted octanol–water partition coefficient (Wildman–Crippen LogP) is 4.27. The van der Waals surface area contributed by atoms with Gasteiger partial charge < -0.3 is 24.3 Å². The molecular weight excluding hydrogens is 475 g/mol. The van der Waals surface area contributed by atoms with Gasteiger partial charge in [-0.05, 0) is 37.6 Å². The number of hydrogen-bond donors (Lipinski definition) is 1. The van der Waals surface area contributed by atoms with Crippen molar-refractivity contribution in [1.82, 2.24) is 29.5 Å². The third kappa shape index (κ3) is 3.70. The summed E-state index contributed by atoms with van der Waals surface area (Å²) in [4.78, 5) is 24.4. The Morgan fingerprint density at radius 1 is 1.11 bits per heavy atom. The lowest BCUT2D eigenvalue weighted by molar-refractivity contribution is 0.0986. The van der Waals surface area contributed by atoms with Crippen molar-refractivity contribution in [2.45, 2.75) is 25.5 Å². The third-order valence-electron chi connectivity index (χ3n) is 7.04. The van der Waals surface area contributed by atoms with E-state index in [1.165, 1.54) is 6.33 Å². The molecule has 10 nitrogen and oxygen atoms in total. The zero-order valence-corrected chi connectivity index (χ0v) is 20.2. The largest absolute Gasteiger partial charge is 0.457 e. The number of ether oxygens (including phenoxy) is 2. The van der Waals surface area contributed by atoms with Crippen LogP contribution >= 0.6 is 0 Å². The number of rotatable bonds is 5. The smallest absolute Gasteiger partial charge is 0.226 e. The fraction of sp³-hybridized carbons (Fsp3) is 0.269. The van der Waals surface area contributed by atoms with E-state index in [0.717, 1.165) is 24.0 Å². The zero-order chi connectivity index (χ0) is 25.1. The Kier molecular flexibility index (Phi) is 4.93. The molecule has 1 N–H and O–H groups in total. The fourth-order valence-corrected chi connectivity index (χ4v) is 5.03. The van der Waals surface area contributed by atoms with E-state index < -0.39 is 5.82 Å². The lowest BCUT2D eigenvalue weighted by Gasteiger charge is -2.26. The van der Waals surface area contributed by atoms with Gasteiger partial charge in [0.15, 0.2) is 11.6 Å². The van der Waals surface area contributed by atoms with Crippen molar-refractivity contribution < 1.29 is 13.9 Å². The minimum absolute atomic E-state index is 0.220. The Morgan fingerprint density at radius 2 is 2.03 bits per heavy atom. The second-order valence-corrected chi connectivity index (χ2v) is 9.41. The monoisotopic (exact) mass is 498 g/mol. The average Bonchev–Trinajstić information content (AvgIpc) is 3.65. The van der Waals surface area contributed by atoms with E-state index in [2.05, 4.69) is 30.2 Å². The molecule has 37 heavy (non-hydrogen) atoms. The van der Waals surface area contributed by atoms with Crippen molar-refractivity contribution in [1.29, 1.82) is 0 Å². The Balaban J connectivity index is 1.18. The summed E-state index contributed by atoms with van der Waals surface area (Å²) < 4.78 is 29.1. The number of nitrogens with zero attached hydrogens (tertiary/aromatic N) is 7. The average molecular weight is 499 g/mol. The molecule has 0 unspecified atom stereocenters. The van der Waals surface area contributed by atoms with Crippen molar-refractivity contribution in [2.24, 2.45) is 7.05 Å². The summed E-state index contributed by atoms with van der Waals surface area (Å²) in [7, 11) is 1.93. The first-order chi connectivity index (χ1) is 18.0. The summed E-state index contributed by atoms with van der Waals surface area (Å²) in [5.41, 5.74) is 3.53. The van der Waals surface area contributed by atoms with Gasteiger partial charge in [0.25, 0.3) is 0 Å². The molecule has 2 atom stereocenters. The molecule has 5 heterocycles. The van der Waals surface area contributed by atoms with Crippen LogP contribution in [0.5, 0.6) is 11.5 Å². The maximum absolute atomic E-state index is 15.5. The highest BCUT2D eigenvalue weighted by atomic mass is 19.1. The highest BCUT2D eigenvalue weighted by molar-refractivity contribution is 5.87. The number of anilines is 3. The molecule has 0 radical (unpaired) electrons. The number of hydrogen-bond acceptors (Lipinski definition) is 9. The van der Waals surface area contributed by atoms with Gasteiger partial charge in [-0.2, -0.15) is 0 Å². The number of halogens is 1. The first-order valence-corrected chi connectivity index (χ1v) is 12.0. The SMILES string of the molecule is Cc1c(Oc2ccc3c(c2)ncn3C)ccc(Nc2ncnc3cnc(N4C[C@H]5C[C@@H]4CO5)nc23)c1F. The Bertz CT molecular complexity index is 1670. The molecule has 0 saturated carbocycles. The van der Waals surface area contributed by atoms with Crippen LogP contribution < -0.4 is 15.0 Å². The fourth-order valence-electron chi connectivity index (χ4n) is 5.03. The summed E-state index contributed by atoms with van der Waals surface area (Å²) in [6.45, 7) is 3.12. The Morgan fingerprint density at radius 3 is 2.86 bits per heavy atom. The van der Waals surface area contributed by atoms with E-state index in [0.29, 0.717) is 46.5 Å². The summed E-state index contributed by atoms with van der Waals surface area (Å²) >= 11 is 0. The van der Waals surface area contributed by atoms with Crippen LogP contribution in [0.25, 0.3) is 22.1 Å². The summed E-state index contributed by atoms with van der Waals surface area (Å²) in [5.74, 6) is 1.57. The van der Waals surface area contributed by atoms with Crippen molar-refractivity contribution >= 4 is 39.5 Å². The minimum Gasteiger partial charge on any atom is -0.457 e. The molecule has 5 aromatic rings. The first kappa shape index (κ1) is 21.9. The van der Waals surface area contributed by atoms with Crippen molar-refractivity contribution in [2.75, 3.05) is 23.4 Å². The van der Waals surface area contributed by atoms with Gasteiger partial charge in [0.2, 0.25) is 5.95 Å². The molecular formula is C26H23FN8O2. The number of fused-ring (bicyclic) bond motifs is 4. The van der Waals surface area contributed by atoms with Gasteiger partial charge in [0.1, 0.15) is 28.9 Å². The lowest BCUT2D eigenvalue weighted by Crippen LogP contribution is -2.38. The summed E-state index contributed by atoms with van der Waals surface area (Å²) in [6.07, 6.45) is 6.03. The van der Waals surface area contributed by atoms with Gasteiger partial charge in [-0.3, -0.25) is 0 Å². The van der Waals surface area contributed by atoms with Crippen LogP contribution in [0.3, 0.4) is 0 Å². The molecule has 2 fully saturated rings. The van der Waals surface area contributed by atoms with Crippen molar-refractivity contribution in [3.05, 3.63) is 60.6 Å². The van der Waals surface area contributed by atoms with Gasteiger partial charge in [0.05, 0.1) is 48.0 Å². The number of nitrogens with one attached hydrogen (secondary N) is 1. The van der Waals surface area contributed by atoms with Gasteiger partial charge in [-0.25, -0.2) is 29.3 Å². The zero-order valence-electron chi connectivity index (χ0n) is 20.2. The molecule has 11 heteroatoms. The Labute approximate surface area is 211 Å². The number of benzene rings is 2. The molecule has 2 aromatic carbocycles. The number of morpholine rings is 1. The lowest BCUT2D eigenvalue weighted by atomic mass is 10.1. The van der Waals surface area contributed by atoms with Crippen LogP contribution in [0.4, 0.5) is 21.8 Å². The minimum atomic E-state index is -0.438. The van der Waals surface area contributed by atoms with Gasteiger partial charge in [-0.1, -0.05) is 0 Å². The van der Waals surface area contributed by atoms with Crippen LogP contribution in [0.1, 0.15) is 12.0 Å². The quantitative estimate of drug-likeness (QED) is 0.381. The molecule has 3 aromatic heterocycles. The highest BCUT2D eigenvalue weighted by Gasteiger charge is 2.40. The van der Waals surface area contributed by atoms with Crippen molar-refractivity contribution in [3.63, 3.8) is 0 Å². The van der Waals surface area contributed by atoms with Gasteiger partial charge in [0, 0.05) is 25.2 Å². The van der Waals surface area contributed by atoms with E-state index in [-0.39, 0.29) is 17.8 Å². The highest BCUT2D eigenvalue weighted by Crippen LogP contribution is 2.35. The van der Waals surface area contributed by atoms with E-state index in [1.807, 2.05) is 29.8 Å². The third-order valence-corrected chi connectivity index (χ3v) is 7.04. The van der Waals surface area contributed by atoms with Gasteiger partial charge in [-0.15, -0.1) is 0 Å². The second kappa shape index (κ2) is 8.34. The molecule has 186 valence electrons. The number of imidazole rings is 1. The summed E-state index contributed by atoms with van der Waals surface area (Å²) in [6, 6.07) is 9.24. The van der Waals surface area contributed by atoms with E-state index in [9.17, 15) is 0 Å². The van der Waals surface area contributed by atoms with Crippen LogP contribution in [0.2, 0.25) is 0 Å². The van der Waals surface area contributed by atoms with E-state index in [4.69, 9.17) is 14.5 Å². The molecule has 2 aliphatic rings. The second-order valence-electron chi connectivity index (χ2n) is 9.41. The van der Waals surface area contributed by atoms with Crippen LogP contribution in [-0.4, -0.2) is 54.8 Å². The first-order valence-electron chi connectivity index (χ1n) is 12.0. The molecule has 0 amide bonds. The Hall–Kier alpha value is -4.38. The van der Waals surface area contributed by atoms with Crippen LogP contribution in [0.15, 0.2) is 49.2 Å². The molecule has 2 aliphatic heterocycles. The van der Waals surface area contributed by atoms with Crippen molar-refractivity contribution in [3.8, 4) is 11.5 Å². The topological polar surface area (TPSA) is 103 Å². The standard InChI is InChI=1S/C26H23FN8O2/c1-14-22(37-16-3-5-21-19(8-16)31-13-34(21)2)6-4-18(23(14)27)32-25-24-20(29-12-30-25)9-28-26(33-24)35-10-17-7-15(35)11-36-17/h3-6,8-9,12-13,15,17H,7,10-11H2,1-2H3,(H,29,30,32)/t15-,17-/m1/s1. The molecule has 7 rings (SSSR count). The van der Waals surface area contributed by atoms with E-state index >= 15 is 4.39 Å². The van der Waals surface area contributed by atoms with Gasteiger partial charge >= 0.3 is 0 Å². The number of aromatic nitrogens is 6. The van der Waals surface area contributed by atoms with Crippen LogP contribution in [-0.2, 0) is 11.8 Å². The number of aryl methyl sites for hydroxylation is 1. The summed E-state index contributed by atoms with van der Waals surface area (Å²) in [5, 5.41) is 3.10.